The average Bonchev–Trinajstić information content (AvgIpc) is 2.58. The first-order valence-corrected chi connectivity index (χ1v) is 6.37. The van der Waals surface area contributed by atoms with E-state index in [2.05, 4.69) is 26.1 Å². The molecule has 0 aromatic heterocycles. The van der Waals surface area contributed by atoms with Crippen LogP contribution in [-0.2, 0) is 4.79 Å². The molecule has 0 radical (unpaired) electrons. The average molecular weight is 226 g/mol. The van der Waals surface area contributed by atoms with Gasteiger partial charge in [-0.25, -0.2) is 0 Å². The number of carbonyl (C=O) groups excluding carboxylic acids is 1. The lowest BCUT2D eigenvalue weighted by Crippen LogP contribution is -2.53. The summed E-state index contributed by atoms with van der Waals surface area (Å²) in [7, 11) is 0. The van der Waals surface area contributed by atoms with E-state index in [1.807, 2.05) is 6.92 Å². The lowest BCUT2D eigenvalue weighted by Gasteiger charge is -2.33. The second kappa shape index (κ2) is 4.74. The van der Waals surface area contributed by atoms with Crippen molar-refractivity contribution >= 4 is 5.91 Å². The first-order chi connectivity index (χ1) is 7.34. The molecular weight excluding hydrogens is 200 g/mol. The van der Waals surface area contributed by atoms with Crippen molar-refractivity contribution in [3.8, 4) is 0 Å². The summed E-state index contributed by atoms with van der Waals surface area (Å²) in [5, 5.41) is 3.13. The number of amides is 1. The fraction of sp³-hybridized carbons (Fsp3) is 0.923. The van der Waals surface area contributed by atoms with Crippen LogP contribution in [0, 0.1) is 11.3 Å². The molecule has 1 saturated carbocycles. The van der Waals surface area contributed by atoms with Gasteiger partial charge in [0, 0.05) is 18.0 Å². The van der Waals surface area contributed by atoms with Gasteiger partial charge < -0.3 is 11.1 Å². The van der Waals surface area contributed by atoms with Gasteiger partial charge in [0.1, 0.15) is 0 Å². The fourth-order valence-corrected chi connectivity index (χ4v) is 2.48. The van der Waals surface area contributed by atoms with E-state index in [4.69, 9.17) is 5.73 Å². The Bertz CT molecular complexity index is 257. The Balaban J connectivity index is 2.65. The van der Waals surface area contributed by atoms with Crippen LogP contribution in [0.5, 0.6) is 0 Å². The van der Waals surface area contributed by atoms with Crippen LogP contribution < -0.4 is 11.1 Å². The van der Waals surface area contributed by atoms with Crippen LogP contribution in [0.1, 0.15) is 53.4 Å². The van der Waals surface area contributed by atoms with Crippen LogP contribution in [-0.4, -0.2) is 18.0 Å². The van der Waals surface area contributed by atoms with Crippen molar-refractivity contribution in [2.24, 2.45) is 17.1 Å². The standard InChI is InChI=1S/C13H26N2O/c1-5-13(4,9-14)15-11(16)10-7-6-8-12(10,2)3/h10H,5-9,14H2,1-4H3,(H,15,16). The summed E-state index contributed by atoms with van der Waals surface area (Å²) >= 11 is 0. The zero-order valence-corrected chi connectivity index (χ0v) is 11.1. The largest absolute Gasteiger partial charge is 0.349 e. The maximum atomic E-state index is 12.2. The van der Waals surface area contributed by atoms with Crippen LogP contribution >= 0.6 is 0 Å². The quantitative estimate of drug-likeness (QED) is 0.771. The van der Waals surface area contributed by atoms with Crippen molar-refractivity contribution in [3.05, 3.63) is 0 Å². The first kappa shape index (κ1) is 13.5. The van der Waals surface area contributed by atoms with Gasteiger partial charge in [-0.15, -0.1) is 0 Å². The lowest BCUT2D eigenvalue weighted by atomic mass is 9.81. The Morgan fingerprint density at radius 3 is 2.56 bits per heavy atom. The van der Waals surface area contributed by atoms with Gasteiger partial charge >= 0.3 is 0 Å². The van der Waals surface area contributed by atoms with E-state index in [9.17, 15) is 4.79 Å². The number of hydrogen-bond acceptors (Lipinski definition) is 2. The Morgan fingerprint density at radius 1 is 1.56 bits per heavy atom. The van der Waals surface area contributed by atoms with E-state index in [-0.39, 0.29) is 22.8 Å². The number of nitrogens with one attached hydrogen (secondary N) is 1. The van der Waals surface area contributed by atoms with E-state index in [0.29, 0.717) is 6.54 Å². The zero-order chi connectivity index (χ0) is 12.4. The fourth-order valence-electron chi connectivity index (χ4n) is 2.48. The van der Waals surface area contributed by atoms with Crippen molar-refractivity contribution in [2.45, 2.75) is 58.9 Å². The zero-order valence-electron chi connectivity index (χ0n) is 11.1. The predicted octanol–water partition coefficient (Wildman–Crippen LogP) is 2.06. The molecule has 0 aliphatic heterocycles. The number of rotatable bonds is 4. The summed E-state index contributed by atoms with van der Waals surface area (Å²) < 4.78 is 0. The summed E-state index contributed by atoms with van der Waals surface area (Å²) in [6.45, 7) is 8.97. The summed E-state index contributed by atoms with van der Waals surface area (Å²) in [6.07, 6.45) is 4.21. The Morgan fingerprint density at radius 2 is 2.19 bits per heavy atom. The SMILES string of the molecule is CCC(C)(CN)NC(=O)C1CCCC1(C)C. The predicted molar refractivity (Wildman–Crippen MR) is 67.0 cm³/mol. The minimum Gasteiger partial charge on any atom is -0.349 e. The van der Waals surface area contributed by atoms with E-state index in [0.717, 1.165) is 25.7 Å². The van der Waals surface area contributed by atoms with Crippen LogP contribution in [0.25, 0.3) is 0 Å². The highest BCUT2D eigenvalue weighted by Crippen LogP contribution is 2.42. The van der Waals surface area contributed by atoms with Gasteiger partial charge in [0.2, 0.25) is 5.91 Å². The van der Waals surface area contributed by atoms with Gasteiger partial charge in [-0.2, -0.15) is 0 Å². The van der Waals surface area contributed by atoms with Crippen molar-refractivity contribution in [3.63, 3.8) is 0 Å². The molecule has 1 aliphatic rings. The molecule has 0 bridgehead atoms. The maximum Gasteiger partial charge on any atom is 0.224 e. The van der Waals surface area contributed by atoms with E-state index in [1.165, 1.54) is 0 Å². The van der Waals surface area contributed by atoms with E-state index in [1.54, 1.807) is 0 Å². The summed E-state index contributed by atoms with van der Waals surface area (Å²) in [4.78, 5) is 12.2. The third-order valence-electron chi connectivity index (χ3n) is 4.23. The molecule has 0 heterocycles. The second-order valence-corrected chi connectivity index (χ2v) is 6.04. The summed E-state index contributed by atoms with van der Waals surface area (Å²) in [5.74, 6) is 0.349. The maximum absolute atomic E-state index is 12.2. The molecule has 16 heavy (non-hydrogen) atoms. The van der Waals surface area contributed by atoms with Crippen LogP contribution in [0.15, 0.2) is 0 Å². The molecular formula is C13H26N2O. The van der Waals surface area contributed by atoms with Gasteiger partial charge in [0.15, 0.2) is 0 Å². The Hall–Kier alpha value is -0.570. The molecule has 0 aromatic carbocycles. The Kier molecular flexibility index (Phi) is 4.00. The molecule has 1 aliphatic carbocycles. The topological polar surface area (TPSA) is 55.1 Å². The van der Waals surface area contributed by atoms with Gasteiger partial charge in [-0.05, 0) is 31.6 Å². The second-order valence-electron chi connectivity index (χ2n) is 6.04. The van der Waals surface area contributed by atoms with E-state index < -0.39 is 0 Å². The minimum absolute atomic E-state index is 0.146. The van der Waals surface area contributed by atoms with Gasteiger partial charge in [0.25, 0.3) is 0 Å². The van der Waals surface area contributed by atoms with Gasteiger partial charge in [-0.3, -0.25) is 4.79 Å². The molecule has 94 valence electrons. The third kappa shape index (κ3) is 2.76. The summed E-state index contributed by atoms with van der Waals surface area (Å²) in [5.41, 5.74) is 5.62. The van der Waals surface area contributed by atoms with Crippen molar-refractivity contribution in [1.82, 2.24) is 5.32 Å². The molecule has 0 aromatic rings. The molecule has 0 spiro atoms. The molecule has 3 heteroatoms. The summed E-state index contributed by atoms with van der Waals surface area (Å²) in [6, 6.07) is 0. The van der Waals surface area contributed by atoms with Crippen molar-refractivity contribution in [2.75, 3.05) is 6.54 Å². The molecule has 3 nitrogen and oxygen atoms in total. The highest BCUT2D eigenvalue weighted by atomic mass is 16.2. The molecule has 2 atom stereocenters. The number of carbonyl (C=O) groups is 1. The highest BCUT2D eigenvalue weighted by molar-refractivity contribution is 5.80. The smallest absolute Gasteiger partial charge is 0.224 e. The number of hydrogen-bond donors (Lipinski definition) is 2. The van der Waals surface area contributed by atoms with Crippen molar-refractivity contribution < 1.29 is 4.79 Å². The first-order valence-electron chi connectivity index (χ1n) is 6.37. The lowest BCUT2D eigenvalue weighted by molar-refractivity contribution is -0.129. The van der Waals surface area contributed by atoms with Gasteiger partial charge in [-0.1, -0.05) is 27.2 Å². The molecule has 0 saturated heterocycles. The third-order valence-corrected chi connectivity index (χ3v) is 4.23. The molecule has 1 amide bonds. The normalized spacial score (nSPS) is 27.4. The van der Waals surface area contributed by atoms with Crippen LogP contribution in [0.4, 0.5) is 0 Å². The monoisotopic (exact) mass is 226 g/mol. The highest BCUT2D eigenvalue weighted by Gasteiger charge is 2.40. The minimum atomic E-state index is -0.240. The van der Waals surface area contributed by atoms with Gasteiger partial charge in [0.05, 0.1) is 0 Å². The molecule has 2 unspecified atom stereocenters. The van der Waals surface area contributed by atoms with Crippen molar-refractivity contribution in [1.29, 1.82) is 0 Å². The number of nitrogens with two attached hydrogens (primary N) is 1. The van der Waals surface area contributed by atoms with Crippen LogP contribution in [0.3, 0.4) is 0 Å². The van der Waals surface area contributed by atoms with E-state index >= 15 is 0 Å². The molecule has 1 rings (SSSR count). The molecule has 1 fully saturated rings. The Labute approximate surface area is 99.2 Å². The van der Waals surface area contributed by atoms with Crippen LogP contribution in [0.2, 0.25) is 0 Å². The molecule has 3 N–H and O–H groups in total.